The van der Waals surface area contributed by atoms with Crippen molar-refractivity contribution < 1.29 is 4.52 Å². The number of likely N-dealkylation sites (tertiary alicyclic amines) is 1. The Labute approximate surface area is 139 Å². The molecule has 2 heterocycles. The van der Waals surface area contributed by atoms with Gasteiger partial charge in [-0.15, -0.1) is 0 Å². The highest BCUT2D eigenvalue weighted by atomic mass is 16.5. The minimum atomic E-state index is 0.558. The molecule has 1 saturated heterocycles. The summed E-state index contributed by atoms with van der Waals surface area (Å²) in [7, 11) is 0. The minimum Gasteiger partial charge on any atom is -0.339 e. The quantitative estimate of drug-likeness (QED) is 0.845. The molecule has 1 N–H and O–H groups in total. The molecule has 3 aliphatic rings. The maximum Gasteiger partial charge on any atom is 0.229 e. The molecule has 1 aromatic rings. The average molecular weight is 318 g/mol. The van der Waals surface area contributed by atoms with Gasteiger partial charge in [-0.2, -0.15) is 4.98 Å². The first-order valence-corrected chi connectivity index (χ1v) is 9.68. The fourth-order valence-corrected chi connectivity index (χ4v) is 4.14. The molecule has 1 aromatic heterocycles. The van der Waals surface area contributed by atoms with Crippen LogP contribution < -0.4 is 5.32 Å². The summed E-state index contributed by atoms with van der Waals surface area (Å²) in [6.07, 6.45) is 13.4. The second-order valence-electron chi connectivity index (χ2n) is 7.75. The van der Waals surface area contributed by atoms with Gasteiger partial charge in [0.2, 0.25) is 5.89 Å². The van der Waals surface area contributed by atoms with Crippen LogP contribution in [0.25, 0.3) is 0 Å². The van der Waals surface area contributed by atoms with Gasteiger partial charge in [0.1, 0.15) is 0 Å². The van der Waals surface area contributed by atoms with E-state index in [0.29, 0.717) is 12.0 Å². The molecule has 1 aliphatic heterocycles. The second kappa shape index (κ2) is 7.31. The van der Waals surface area contributed by atoms with Crippen LogP contribution in [0.3, 0.4) is 0 Å². The van der Waals surface area contributed by atoms with E-state index in [4.69, 9.17) is 4.52 Å². The highest BCUT2D eigenvalue weighted by molar-refractivity contribution is 5.01. The molecule has 2 aliphatic carbocycles. The van der Waals surface area contributed by atoms with Gasteiger partial charge >= 0.3 is 0 Å². The van der Waals surface area contributed by atoms with Crippen LogP contribution >= 0.6 is 0 Å². The van der Waals surface area contributed by atoms with Gasteiger partial charge in [0, 0.05) is 24.5 Å². The van der Waals surface area contributed by atoms with E-state index in [0.717, 1.165) is 37.4 Å². The van der Waals surface area contributed by atoms with Crippen molar-refractivity contribution in [2.45, 2.75) is 88.8 Å². The molecule has 5 heteroatoms. The first-order chi connectivity index (χ1) is 11.4. The van der Waals surface area contributed by atoms with E-state index in [2.05, 4.69) is 20.4 Å². The minimum absolute atomic E-state index is 0.558. The third kappa shape index (κ3) is 4.32. The van der Waals surface area contributed by atoms with Crippen molar-refractivity contribution >= 4 is 0 Å². The first-order valence-electron chi connectivity index (χ1n) is 9.68. The lowest BCUT2D eigenvalue weighted by Gasteiger charge is -2.34. The Morgan fingerprint density at radius 2 is 1.74 bits per heavy atom. The zero-order chi connectivity index (χ0) is 15.5. The molecular formula is C18H30N4O. The van der Waals surface area contributed by atoms with Gasteiger partial charge < -0.3 is 9.84 Å². The molecule has 0 amide bonds. The summed E-state index contributed by atoms with van der Waals surface area (Å²) in [5.74, 6) is 2.30. The molecule has 5 nitrogen and oxygen atoms in total. The van der Waals surface area contributed by atoms with Gasteiger partial charge in [-0.1, -0.05) is 30.8 Å². The molecule has 128 valence electrons. The molecule has 1 unspecified atom stereocenters. The Balaban J connectivity index is 1.27. The van der Waals surface area contributed by atoms with Crippen LogP contribution in [-0.4, -0.2) is 40.2 Å². The summed E-state index contributed by atoms with van der Waals surface area (Å²) in [5, 5.41) is 8.12. The second-order valence-corrected chi connectivity index (χ2v) is 7.75. The van der Waals surface area contributed by atoms with Crippen molar-refractivity contribution in [2.75, 3.05) is 13.1 Å². The summed E-state index contributed by atoms with van der Waals surface area (Å²) in [6, 6.07) is 1.38. The van der Waals surface area contributed by atoms with E-state index < -0.39 is 0 Å². The number of piperidine rings is 1. The van der Waals surface area contributed by atoms with Crippen molar-refractivity contribution in [1.82, 2.24) is 20.4 Å². The van der Waals surface area contributed by atoms with E-state index >= 15 is 0 Å². The lowest BCUT2D eigenvalue weighted by atomic mass is 10.0. The molecule has 23 heavy (non-hydrogen) atoms. The summed E-state index contributed by atoms with van der Waals surface area (Å²) < 4.78 is 5.39. The fourth-order valence-electron chi connectivity index (χ4n) is 4.14. The molecule has 0 radical (unpaired) electrons. The predicted molar refractivity (Wildman–Crippen MR) is 89.2 cm³/mol. The van der Waals surface area contributed by atoms with Crippen molar-refractivity contribution in [3.05, 3.63) is 11.7 Å². The molecule has 3 fully saturated rings. The van der Waals surface area contributed by atoms with Gasteiger partial charge in [-0.25, -0.2) is 0 Å². The topological polar surface area (TPSA) is 54.2 Å². The number of hydrogen-bond acceptors (Lipinski definition) is 5. The SMILES string of the molecule is C1CCCC(NC2CCCN(Cc3noc(C4CC4)n3)C2)CC1. The number of nitrogens with one attached hydrogen (secondary N) is 1. The van der Waals surface area contributed by atoms with Crippen LogP contribution in [0.2, 0.25) is 0 Å². The Bertz CT molecular complexity index is 491. The number of aromatic nitrogens is 2. The van der Waals surface area contributed by atoms with Crippen molar-refractivity contribution in [2.24, 2.45) is 0 Å². The molecule has 1 atom stereocenters. The normalized spacial score (nSPS) is 27.9. The lowest BCUT2D eigenvalue weighted by Crippen LogP contribution is -2.48. The van der Waals surface area contributed by atoms with Crippen LogP contribution in [-0.2, 0) is 6.54 Å². The van der Waals surface area contributed by atoms with Gasteiger partial charge in [-0.3, -0.25) is 4.90 Å². The zero-order valence-corrected chi connectivity index (χ0v) is 14.2. The first kappa shape index (κ1) is 15.6. The standard InChI is InChI=1S/C18H30N4O/c1-2-4-7-15(6-3-1)19-16-8-5-11-22(12-16)13-17-20-18(23-21-17)14-9-10-14/h14-16,19H,1-13H2. The molecule has 0 aromatic carbocycles. The summed E-state index contributed by atoms with van der Waals surface area (Å²) in [5.41, 5.74) is 0. The smallest absolute Gasteiger partial charge is 0.229 e. The highest BCUT2D eigenvalue weighted by Gasteiger charge is 2.30. The number of rotatable bonds is 5. The van der Waals surface area contributed by atoms with E-state index in [1.807, 2.05) is 0 Å². The van der Waals surface area contributed by atoms with Gasteiger partial charge in [0.25, 0.3) is 0 Å². The zero-order valence-electron chi connectivity index (χ0n) is 14.2. The van der Waals surface area contributed by atoms with E-state index in [1.165, 1.54) is 64.2 Å². The van der Waals surface area contributed by atoms with Gasteiger partial charge in [0.15, 0.2) is 5.82 Å². The third-order valence-corrected chi connectivity index (χ3v) is 5.61. The van der Waals surface area contributed by atoms with Crippen molar-refractivity contribution in [1.29, 1.82) is 0 Å². The Morgan fingerprint density at radius 1 is 0.957 bits per heavy atom. The maximum atomic E-state index is 5.39. The lowest BCUT2D eigenvalue weighted by molar-refractivity contribution is 0.168. The van der Waals surface area contributed by atoms with Crippen LogP contribution in [0.15, 0.2) is 4.52 Å². The molecule has 2 saturated carbocycles. The fraction of sp³-hybridized carbons (Fsp3) is 0.889. The number of hydrogen-bond donors (Lipinski definition) is 1. The molecule has 4 rings (SSSR count). The van der Waals surface area contributed by atoms with Crippen LogP contribution in [0.4, 0.5) is 0 Å². The molecule has 0 spiro atoms. The van der Waals surface area contributed by atoms with E-state index in [1.54, 1.807) is 0 Å². The average Bonchev–Trinajstić information content (AvgIpc) is 3.34. The third-order valence-electron chi connectivity index (χ3n) is 5.61. The predicted octanol–water partition coefficient (Wildman–Crippen LogP) is 3.22. The Kier molecular flexibility index (Phi) is 4.95. The van der Waals surface area contributed by atoms with E-state index in [-0.39, 0.29) is 0 Å². The highest BCUT2D eigenvalue weighted by Crippen LogP contribution is 2.38. The van der Waals surface area contributed by atoms with Crippen LogP contribution in [0.5, 0.6) is 0 Å². The summed E-state index contributed by atoms with van der Waals surface area (Å²) in [4.78, 5) is 7.08. The molecular weight excluding hydrogens is 288 g/mol. The van der Waals surface area contributed by atoms with Crippen LogP contribution in [0, 0.1) is 0 Å². The Morgan fingerprint density at radius 3 is 2.52 bits per heavy atom. The van der Waals surface area contributed by atoms with Crippen molar-refractivity contribution in [3.63, 3.8) is 0 Å². The summed E-state index contributed by atoms with van der Waals surface area (Å²) >= 11 is 0. The largest absolute Gasteiger partial charge is 0.339 e. The van der Waals surface area contributed by atoms with E-state index in [9.17, 15) is 0 Å². The monoisotopic (exact) mass is 318 g/mol. The van der Waals surface area contributed by atoms with Crippen molar-refractivity contribution in [3.8, 4) is 0 Å². The number of nitrogens with zero attached hydrogens (tertiary/aromatic N) is 3. The van der Waals surface area contributed by atoms with Gasteiger partial charge in [-0.05, 0) is 45.1 Å². The van der Waals surface area contributed by atoms with Crippen LogP contribution in [0.1, 0.15) is 81.8 Å². The maximum absolute atomic E-state index is 5.39. The summed E-state index contributed by atoms with van der Waals surface area (Å²) in [6.45, 7) is 3.14. The molecule has 0 bridgehead atoms. The van der Waals surface area contributed by atoms with Gasteiger partial charge in [0.05, 0.1) is 6.54 Å². The Hall–Kier alpha value is -0.940.